The quantitative estimate of drug-likeness (QED) is 0.693. The topological polar surface area (TPSA) is 24.9 Å². The van der Waals surface area contributed by atoms with Gasteiger partial charge in [-0.15, -0.1) is 0 Å². The lowest BCUT2D eigenvalue weighted by Gasteiger charge is -2.21. The Bertz CT molecular complexity index is 202. The molecular weight excluding hydrogens is 156 g/mol. The third-order valence-electron chi connectivity index (χ3n) is 2.16. The lowest BCUT2D eigenvalue weighted by Crippen LogP contribution is -2.26. The summed E-state index contributed by atoms with van der Waals surface area (Å²) in [7, 11) is 0. The second kappa shape index (κ2) is 3.32. The standard InChI is InChI=1S/C8H12N2S/c1-2-4-9-8(3-1)7-5-10-11-6-7/h5-6,8-9H,1-4H2. The van der Waals surface area contributed by atoms with E-state index in [0.29, 0.717) is 6.04 Å². The monoisotopic (exact) mass is 168 g/mol. The zero-order valence-electron chi connectivity index (χ0n) is 6.42. The maximum absolute atomic E-state index is 4.10. The highest BCUT2D eigenvalue weighted by Gasteiger charge is 2.14. The highest BCUT2D eigenvalue weighted by atomic mass is 32.1. The van der Waals surface area contributed by atoms with E-state index in [1.165, 1.54) is 31.4 Å². The van der Waals surface area contributed by atoms with Gasteiger partial charge in [-0.3, -0.25) is 0 Å². The predicted octanol–water partition coefficient (Wildman–Crippen LogP) is 1.96. The van der Waals surface area contributed by atoms with Crippen molar-refractivity contribution in [3.05, 3.63) is 17.1 Å². The largest absolute Gasteiger partial charge is 0.310 e. The zero-order valence-corrected chi connectivity index (χ0v) is 7.23. The summed E-state index contributed by atoms with van der Waals surface area (Å²) in [6.45, 7) is 1.17. The first kappa shape index (κ1) is 7.25. The lowest BCUT2D eigenvalue weighted by molar-refractivity contribution is 0.413. The third-order valence-corrected chi connectivity index (χ3v) is 2.77. The van der Waals surface area contributed by atoms with Crippen LogP contribution in [0, 0.1) is 0 Å². The fraction of sp³-hybridized carbons (Fsp3) is 0.625. The Morgan fingerprint density at radius 1 is 1.55 bits per heavy atom. The zero-order chi connectivity index (χ0) is 7.52. The average Bonchev–Trinajstić information content (AvgIpc) is 2.58. The van der Waals surface area contributed by atoms with E-state index in [1.807, 2.05) is 6.20 Å². The number of hydrogen-bond acceptors (Lipinski definition) is 3. The van der Waals surface area contributed by atoms with Crippen LogP contribution in [0.4, 0.5) is 0 Å². The van der Waals surface area contributed by atoms with Crippen molar-refractivity contribution in [1.29, 1.82) is 0 Å². The van der Waals surface area contributed by atoms with Gasteiger partial charge >= 0.3 is 0 Å². The van der Waals surface area contributed by atoms with Crippen LogP contribution in [0.25, 0.3) is 0 Å². The molecule has 0 aliphatic carbocycles. The van der Waals surface area contributed by atoms with Gasteiger partial charge in [0.15, 0.2) is 0 Å². The van der Waals surface area contributed by atoms with Gasteiger partial charge < -0.3 is 5.32 Å². The van der Waals surface area contributed by atoms with Crippen LogP contribution in [0.2, 0.25) is 0 Å². The summed E-state index contributed by atoms with van der Waals surface area (Å²) in [6.07, 6.45) is 5.94. The molecule has 2 heterocycles. The fourth-order valence-electron chi connectivity index (χ4n) is 1.52. The van der Waals surface area contributed by atoms with Gasteiger partial charge in [0.05, 0.1) is 0 Å². The van der Waals surface area contributed by atoms with Crippen LogP contribution in [-0.4, -0.2) is 10.9 Å². The van der Waals surface area contributed by atoms with Gasteiger partial charge in [0.1, 0.15) is 0 Å². The van der Waals surface area contributed by atoms with E-state index in [0.717, 1.165) is 0 Å². The molecule has 3 heteroatoms. The molecule has 1 unspecified atom stereocenters. The Balaban J connectivity index is 2.04. The van der Waals surface area contributed by atoms with Crippen LogP contribution in [0.3, 0.4) is 0 Å². The van der Waals surface area contributed by atoms with Gasteiger partial charge in [-0.25, -0.2) is 4.37 Å². The molecule has 0 spiro atoms. The summed E-state index contributed by atoms with van der Waals surface area (Å²) in [6, 6.07) is 0.586. The molecule has 1 N–H and O–H groups in total. The molecule has 0 saturated carbocycles. The maximum atomic E-state index is 4.10. The van der Waals surface area contributed by atoms with Crippen molar-refractivity contribution in [3.63, 3.8) is 0 Å². The lowest BCUT2D eigenvalue weighted by atomic mass is 10.0. The van der Waals surface area contributed by atoms with Crippen LogP contribution in [0.15, 0.2) is 11.6 Å². The third kappa shape index (κ3) is 1.60. The molecule has 2 rings (SSSR count). The number of nitrogens with zero attached hydrogens (tertiary/aromatic N) is 1. The first-order chi connectivity index (χ1) is 5.47. The molecule has 60 valence electrons. The van der Waals surface area contributed by atoms with E-state index in [-0.39, 0.29) is 0 Å². The molecule has 1 saturated heterocycles. The molecule has 1 aliphatic heterocycles. The highest BCUT2D eigenvalue weighted by Crippen LogP contribution is 2.22. The fourth-order valence-corrected chi connectivity index (χ4v) is 2.11. The molecule has 0 bridgehead atoms. The summed E-state index contributed by atoms with van der Waals surface area (Å²) in [5, 5.41) is 5.63. The van der Waals surface area contributed by atoms with Gasteiger partial charge in [-0.05, 0) is 36.5 Å². The van der Waals surface area contributed by atoms with E-state index in [1.54, 1.807) is 11.5 Å². The first-order valence-corrected chi connectivity index (χ1v) is 4.93. The molecular formula is C8H12N2S. The van der Waals surface area contributed by atoms with Crippen molar-refractivity contribution in [2.45, 2.75) is 25.3 Å². The Morgan fingerprint density at radius 3 is 3.18 bits per heavy atom. The van der Waals surface area contributed by atoms with E-state index in [9.17, 15) is 0 Å². The molecule has 1 atom stereocenters. The normalized spacial score (nSPS) is 25.3. The first-order valence-electron chi connectivity index (χ1n) is 4.09. The van der Waals surface area contributed by atoms with Crippen molar-refractivity contribution in [2.75, 3.05) is 6.54 Å². The number of piperidine rings is 1. The number of hydrogen-bond donors (Lipinski definition) is 1. The van der Waals surface area contributed by atoms with Crippen LogP contribution in [0.1, 0.15) is 30.9 Å². The minimum Gasteiger partial charge on any atom is -0.310 e. The predicted molar refractivity (Wildman–Crippen MR) is 46.7 cm³/mol. The molecule has 1 fully saturated rings. The molecule has 1 aromatic heterocycles. The molecule has 0 aromatic carbocycles. The van der Waals surface area contributed by atoms with Crippen LogP contribution in [0.5, 0.6) is 0 Å². The second-order valence-corrected chi connectivity index (χ2v) is 3.62. The molecule has 11 heavy (non-hydrogen) atoms. The summed E-state index contributed by atoms with van der Waals surface area (Å²) < 4.78 is 4.10. The molecule has 2 nitrogen and oxygen atoms in total. The maximum Gasteiger partial charge on any atom is 0.0454 e. The summed E-state index contributed by atoms with van der Waals surface area (Å²) >= 11 is 1.54. The molecule has 0 amide bonds. The Labute approximate surface area is 70.8 Å². The van der Waals surface area contributed by atoms with Crippen molar-refractivity contribution >= 4 is 11.5 Å². The van der Waals surface area contributed by atoms with Crippen molar-refractivity contribution in [3.8, 4) is 0 Å². The van der Waals surface area contributed by atoms with Crippen molar-refractivity contribution in [1.82, 2.24) is 9.69 Å². The molecule has 1 aromatic rings. The molecule has 0 radical (unpaired) electrons. The van der Waals surface area contributed by atoms with Crippen LogP contribution in [-0.2, 0) is 0 Å². The Hall–Kier alpha value is -0.410. The smallest absolute Gasteiger partial charge is 0.0454 e. The van der Waals surface area contributed by atoms with E-state index >= 15 is 0 Å². The van der Waals surface area contributed by atoms with Crippen molar-refractivity contribution < 1.29 is 0 Å². The SMILES string of the molecule is c1nscc1C1CCCCN1. The van der Waals surface area contributed by atoms with Gasteiger partial charge in [-0.2, -0.15) is 0 Å². The van der Waals surface area contributed by atoms with Crippen LogP contribution < -0.4 is 5.32 Å². The molecule has 1 aliphatic rings. The van der Waals surface area contributed by atoms with E-state index in [2.05, 4.69) is 15.1 Å². The average molecular weight is 168 g/mol. The van der Waals surface area contributed by atoms with E-state index < -0.39 is 0 Å². The van der Waals surface area contributed by atoms with Crippen molar-refractivity contribution in [2.24, 2.45) is 0 Å². The van der Waals surface area contributed by atoms with Gasteiger partial charge in [-0.1, -0.05) is 6.42 Å². The number of aromatic nitrogens is 1. The summed E-state index contributed by atoms with van der Waals surface area (Å²) in [4.78, 5) is 0. The summed E-state index contributed by atoms with van der Waals surface area (Å²) in [5.74, 6) is 0. The van der Waals surface area contributed by atoms with Crippen LogP contribution >= 0.6 is 11.5 Å². The Morgan fingerprint density at radius 2 is 2.55 bits per heavy atom. The van der Waals surface area contributed by atoms with Gasteiger partial charge in [0, 0.05) is 17.6 Å². The summed E-state index contributed by atoms with van der Waals surface area (Å²) in [5.41, 5.74) is 1.37. The second-order valence-electron chi connectivity index (χ2n) is 2.96. The Kier molecular flexibility index (Phi) is 2.19. The van der Waals surface area contributed by atoms with E-state index in [4.69, 9.17) is 0 Å². The minimum absolute atomic E-state index is 0.586. The number of rotatable bonds is 1. The highest BCUT2D eigenvalue weighted by molar-refractivity contribution is 7.03. The minimum atomic E-state index is 0.586. The van der Waals surface area contributed by atoms with Gasteiger partial charge in [0.25, 0.3) is 0 Å². The number of nitrogens with one attached hydrogen (secondary N) is 1. The van der Waals surface area contributed by atoms with Gasteiger partial charge in [0.2, 0.25) is 0 Å².